The van der Waals surface area contributed by atoms with E-state index in [0.29, 0.717) is 6.42 Å². The first-order valence-electron chi connectivity index (χ1n) is 6.45. The van der Waals surface area contributed by atoms with E-state index in [-0.39, 0.29) is 18.6 Å². The van der Waals surface area contributed by atoms with Crippen molar-refractivity contribution in [1.29, 1.82) is 0 Å². The summed E-state index contributed by atoms with van der Waals surface area (Å²) in [5, 5.41) is 10.2. The first-order chi connectivity index (χ1) is 9.16. The third-order valence-corrected chi connectivity index (χ3v) is 4.10. The molecular formula is C14H14O5. The zero-order valence-corrected chi connectivity index (χ0v) is 10.2. The highest BCUT2D eigenvalue weighted by Gasteiger charge is 2.61. The van der Waals surface area contributed by atoms with E-state index in [2.05, 4.69) is 0 Å². The van der Waals surface area contributed by atoms with Crippen molar-refractivity contribution in [2.24, 2.45) is 0 Å². The molecule has 5 atom stereocenters. The van der Waals surface area contributed by atoms with Crippen LogP contribution < -0.4 is 0 Å². The molecule has 2 unspecified atom stereocenters. The molecule has 1 aromatic rings. The Bertz CT molecular complexity index is 516. The third kappa shape index (κ3) is 1.62. The fraction of sp³-hybridized carbons (Fsp3) is 0.500. The molecule has 1 saturated carbocycles. The number of hydrogen-bond donors (Lipinski definition) is 1. The van der Waals surface area contributed by atoms with Crippen LogP contribution in [0.4, 0.5) is 0 Å². The fourth-order valence-electron chi connectivity index (χ4n) is 3.14. The highest BCUT2D eigenvalue weighted by Crippen LogP contribution is 2.46. The van der Waals surface area contributed by atoms with Crippen LogP contribution in [0.5, 0.6) is 0 Å². The Hall–Kier alpha value is -1.43. The lowest BCUT2D eigenvalue weighted by molar-refractivity contribution is -0.158. The molecule has 2 saturated heterocycles. The Morgan fingerprint density at radius 2 is 1.84 bits per heavy atom. The number of aliphatic hydroxyl groups is 1. The van der Waals surface area contributed by atoms with Crippen LogP contribution >= 0.6 is 0 Å². The second-order valence-corrected chi connectivity index (χ2v) is 5.40. The third-order valence-electron chi connectivity index (χ3n) is 4.10. The summed E-state index contributed by atoms with van der Waals surface area (Å²) in [7, 11) is 0. The fourth-order valence-corrected chi connectivity index (χ4v) is 3.14. The molecule has 3 fully saturated rings. The SMILES string of the molecule is O=C1O[C@@H]2C[C@@]1(O)C[C@H]1OC(c3ccccc3)OC21. The normalized spacial score (nSPS) is 43.9. The summed E-state index contributed by atoms with van der Waals surface area (Å²) in [6, 6.07) is 9.63. The number of benzene rings is 1. The second-order valence-electron chi connectivity index (χ2n) is 5.40. The maximum atomic E-state index is 11.6. The van der Waals surface area contributed by atoms with Gasteiger partial charge in [-0.15, -0.1) is 0 Å². The van der Waals surface area contributed by atoms with Crippen molar-refractivity contribution in [2.45, 2.75) is 43.0 Å². The second kappa shape index (κ2) is 3.79. The Morgan fingerprint density at radius 1 is 1.11 bits per heavy atom. The number of esters is 1. The largest absolute Gasteiger partial charge is 0.457 e. The summed E-state index contributed by atoms with van der Waals surface area (Å²) in [6.07, 6.45) is -0.867. The van der Waals surface area contributed by atoms with Crippen LogP contribution in [0.15, 0.2) is 30.3 Å². The lowest BCUT2D eigenvalue weighted by Crippen LogP contribution is -2.47. The summed E-state index contributed by atoms with van der Waals surface area (Å²) in [5.74, 6) is -0.546. The van der Waals surface area contributed by atoms with Gasteiger partial charge in [0.2, 0.25) is 0 Å². The lowest BCUT2D eigenvalue weighted by Gasteiger charge is -2.29. The number of carbonyl (C=O) groups is 1. The topological polar surface area (TPSA) is 65.0 Å². The highest BCUT2D eigenvalue weighted by molar-refractivity contribution is 5.82. The monoisotopic (exact) mass is 262 g/mol. The number of carbonyl (C=O) groups excluding carboxylic acids is 1. The molecule has 1 N–H and O–H groups in total. The van der Waals surface area contributed by atoms with Gasteiger partial charge in [0.15, 0.2) is 11.9 Å². The number of fused-ring (bicyclic) bond motifs is 4. The van der Waals surface area contributed by atoms with Crippen LogP contribution in [0.25, 0.3) is 0 Å². The van der Waals surface area contributed by atoms with Crippen molar-refractivity contribution in [3.8, 4) is 0 Å². The number of ether oxygens (including phenoxy) is 3. The van der Waals surface area contributed by atoms with Gasteiger partial charge in [0.25, 0.3) is 0 Å². The van der Waals surface area contributed by atoms with Gasteiger partial charge in [0.05, 0.1) is 6.10 Å². The van der Waals surface area contributed by atoms with Crippen LogP contribution in [-0.4, -0.2) is 35.0 Å². The van der Waals surface area contributed by atoms with Crippen LogP contribution in [0.2, 0.25) is 0 Å². The van der Waals surface area contributed by atoms with Gasteiger partial charge in [0, 0.05) is 18.4 Å². The molecule has 1 aliphatic carbocycles. The quantitative estimate of drug-likeness (QED) is 0.762. The molecular weight excluding hydrogens is 248 g/mol. The Kier molecular flexibility index (Phi) is 2.27. The van der Waals surface area contributed by atoms with Crippen LogP contribution in [0.3, 0.4) is 0 Å². The molecule has 19 heavy (non-hydrogen) atoms. The van der Waals surface area contributed by atoms with Crippen molar-refractivity contribution >= 4 is 5.97 Å². The number of rotatable bonds is 1. The minimum absolute atomic E-state index is 0.246. The van der Waals surface area contributed by atoms with Gasteiger partial charge in [-0.1, -0.05) is 30.3 Å². The predicted octanol–water partition coefficient (Wildman–Crippen LogP) is 0.920. The van der Waals surface area contributed by atoms with Gasteiger partial charge in [0.1, 0.15) is 12.2 Å². The van der Waals surface area contributed by atoms with E-state index in [1.54, 1.807) is 0 Å². The summed E-state index contributed by atoms with van der Waals surface area (Å²) >= 11 is 0. The van der Waals surface area contributed by atoms with E-state index in [4.69, 9.17) is 14.2 Å². The first-order valence-corrected chi connectivity index (χ1v) is 6.45. The van der Waals surface area contributed by atoms with Gasteiger partial charge in [-0.2, -0.15) is 0 Å². The molecule has 3 aliphatic rings. The molecule has 5 nitrogen and oxygen atoms in total. The lowest BCUT2D eigenvalue weighted by atomic mass is 9.82. The molecule has 2 heterocycles. The average molecular weight is 262 g/mol. The van der Waals surface area contributed by atoms with Gasteiger partial charge >= 0.3 is 5.97 Å². The zero-order valence-electron chi connectivity index (χ0n) is 10.2. The smallest absolute Gasteiger partial charge is 0.338 e. The summed E-state index contributed by atoms with van der Waals surface area (Å²) in [6.45, 7) is 0. The van der Waals surface area contributed by atoms with E-state index in [9.17, 15) is 9.90 Å². The van der Waals surface area contributed by atoms with E-state index >= 15 is 0 Å². The van der Waals surface area contributed by atoms with Gasteiger partial charge in [-0.3, -0.25) is 0 Å². The maximum Gasteiger partial charge on any atom is 0.338 e. The summed E-state index contributed by atoms with van der Waals surface area (Å²) in [4.78, 5) is 11.6. The van der Waals surface area contributed by atoms with Crippen molar-refractivity contribution < 1.29 is 24.1 Å². The van der Waals surface area contributed by atoms with E-state index in [1.165, 1.54) is 0 Å². The molecule has 5 heteroatoms. The molecule has 2 aliphatic heterocycles. The van der Waals surface area contributed by atoms with E-state index < -0.39 is 24.0 Å². The summed E-state index contributed by atoms with van der Waals surface area (Å²) < 4.78 is 16.9. The highest BCUT2D eigenvalue weighted by atomic mass is 16.7. The minimum Gasteiger partial charge on any atom is -0.457 e. The van der Waals surface area contributed by atoms with Crippen molar-refractivity contribution in [3.05, 3.63) is 35.9 Å². The molecule has 2 bridgehead atoms. The standard InChI is InChI=1S/C14H14O5/c15-13-14(16)6-9-11(10(7-14)18-13)19-12(17-9)8-4-2-1-3-5-8/h1-5,9-12,16H,6-7H2/t9-,10-,11?,12?,14+/m1/s1. The Morgan fingerprint density at radius 3 is 2.63 bits per heavy atom. The van der Waals surface area contributed by atoms with E-state index in [1.807, 2.05) is 30.3 Å². The van der Waals surface area contributed by atoms with Gasteiger partial charge < -0.3 is 19.3 Å². The Labute approximate surface area is 110 Å². The van der Waals surface area contributed by atoms with Crippen LogP contribution in [0.1, 0.15) is 24.7 Å². The van der Waals surface area contributed by atoms with Crippen molar-refractivity contribution in [3.63, 3.8) is 0 Å². The molecule has 100 valence electrons. The molecule has 0 aromatic heterocycles. The molecule has 0 spiro atoms. The van der Waals surface area contributed by atoms with Gasteiger partial charge in [-0.05, 0) is 0 Å². The zero-order chi connectivity index (χ0) is 13.0. The van der Waals surface area contributed by atoms with Crippen molar-refractivity contribution in [1.82, 2.24) is 0 Å². The Balaban J connectivity index is 1.59. The molecule has 0 radical (unpaired) electrons. The van der Waals surface area contributed by atoms with E-state index in [0.717, 1.165) is 5.56 Å². The number of hydrogen-bond acceptors (Lipinski definition) is 5. The van der Waals surface area contributed by atoms with Crippen LogP contribution in [-0.2, 0) is 19.0 Å². The summed E-state index contributed by atoms with van der Waals surface area (Å²) in [5.41, 5.74) is -0.452. The minimum atomic E-state index is -1.39. The first kappa shape index (κ1) is 11.4. The van der Waals surface area contributed by atoms with Crippen LogP contribution in [0, 0.1) is 0 Å². The van der Waals surface area contributed by atoms with Crippen molar-refractivity contribution in [2.75, 3.05) is 0 Å². The predicted molar refractivity (Wildman–Crippen MR) is 63.0 cm³/mol. The maximum absolute atomic E-state index is 11.6. The van der Waals surface area contributed by atoms with Gasteiger partial charge in [-0.25, -0.2) is 4.79 Å². The molecule has 4 rings (SSSR count). The average Bonchev–Trinajstić information content (AvgIpc) is 2.92. The molecule has 1 aromatic carbocycles. The molecule has 0 amide bonds.